The Morgan fingerprint density at radius 3 is 2.45 bits per heavy atom. The minimum atomic E-state index is -0.395. The molecule has 0 spiro atoms. The second kappa shape index (κ2) is 7.08. The molecule has 4 nitrogen and oxygen atoms in total. The van der Waals surface area contributed by atoms with Crippen molar-refractivity contribution in [2.45, 2.75) is 40.2 Å². The monoisotopic (exact) mass is 277 g/mol. The van der Waals surface area contributed by atoms with Crippen molar-refractivity contribution in [3.63, 3.8) is 0 Å². The summed E-state index contributed by atoms with van der Waals surface area (Å²) in [5.74, 6) is -0.452. The zero-order chi connectivity index (χ0) is 15.3. The zero-order valence-electron chi connectivity index (χ0n) is 12.9. The van der Waals surface area contributed by atoms with Crippen molar-refractivity contribution in [3.8, 4) is 0 Å². The predicted octanol–water partition coefficient (Wildman–Crippen LogP) is 2.26. The number of carbonyl (C=O) groups excluding carboxylic acids is 2. The van der Waals surface area contributed by atoms with Crippen LogP contribution in [0.25, 0.3) is 0 Å². The molecule has 0 aromatic heterocycles. The molecule has 1 rings (SSSR count). The molecule has 0 saturated heterocycles. The summed E-state index contributed by atoms with van der Waals surface area (Å²) in [6, 6.07) is 6.02. The lowest BCUT2D eigenvalue weighted by Crippen LogP contribution is -2.42. The number of esters is 1. The summed E-state index contributed by atoms with van der Waals surface area (Å²) in [6.07, 6.45) is 0.308. The summed E-state index contributed by atoms with van der Waals surface area (Å²) < 4.78 is 4.64. The third-order valence-corrected chi connectivity index (χ3v) is 3.32. The number of methoxy groups -OCH3 is 1. The Kier molecular flexibility index (Phi) is 5.74. The maximum atomic E-state index is 12.4. The van der Waals surface area contributed by atoms with Gasteiger partial charge < -0.3 is 9.64 Å². The van der Waals surface area contributed by atoms with Crippen molar-refractivity contribution < 1.29 is 14.3 Å². The summed E-state index contributed by atoms with van der Waals surface area (Å²) in [6.45, 7) is 7.77. The summed E-state index contributed by atoms with van der Waals surface area (Å²) in [5.41, 5.74) is 3.22. The zero-order valence-corrected chi connectivity index (χ0v) is 12.9. The van der Waals surface area contributed by atoms with Crippen molar-refractivity contribution in [3.05, 3.63) is 34.9 Å². The SMILES string of the molecule is COC(=O)CN(C(=O)Cc1cc(C)ccc1C)C(C)C. The van der Waals surface area contributed by atoms with Crippen LogP contribution in [0.3, 0.4) is 0 Å². The quantitative estimate of drug-likeness (QED) is 0.776. The Balaban J connectivity index is 2.85. The van der Waals surface area contributed by atoms with Crippen LogP contribution in [-0.2, 0) is 20.7 Å². The van der Waals surface area contributed by atoms with Gasteiger partial charge in [0, 0.05) is 6.04 Å². The van der Waals surface area contributed by atoms with Crippen LogP contribution in [-0.4, -0.2) is 36.5 Å². The average Bonchev–Trinajstić information content (AvgIpc) is 2.39. The number of aryl methyl sites for hydroxylation is 2. The first kappa shape index (κ1) is 16.2. The Morgan fingerprint density at radius 2 is 1.90 bits per heavy atom. The van der Waals surface area contributed by atoms with E-state index in [4.69, 9.17) is 0 Å². The van der Waals surface area contributed by atoms with E-state index in [1.807, 2.05) is 45.9 Å². The van der Waals surface area contributed by atoms with Crippen LogP contribution in [0.2, 0.25) is 0 Å². The summed E-state index contributed by atoms with van der Waals surface area (Å²) >= 11 is 0. The molecule has 0 bridgehead atoms. The molecule has 0 atom stereocenters. The number of nitrogens with zero attached hydrogens (tertiary/aromatic N) is 1. The molecular weight excluding hydrogens is 254 g/mol. The van der Waals surface area contributed by atoms with E-state index in [9.17, 15) is 9.59 Å². The van der Waals surface area contributed by atoms with Crippen LogP contribution >= 0.6 is 0 Å². The van der Waals surface area contributed by atoms with Crippen LogP contribution in [0.5, 0.6) is 0 Å². The van der Waals surface area contributed by atoms with Crippen LogP contribution in [0.4, 0.5) is 0 Å². The van der Waals surface area contributed by atoms with E-state index in [1.54, 1.807) is 4.90 Å². The number of rotatable bonds is 5. The van der Waals surface area contributed by atoms with Gasteiger partial charge >= 0.3 is 5.97 Å². The van der Waals surface area contributed by atoms with E-state index in [1.165, 1.54) is 7.11 Å². The van der Waals surface area contributed by atoms with E-state index in [-0.39, 0.29) is 18.5 Å². The molecule has 4 heteroatoms. The van der Waals surface area contributed by atoms with Crippen molar-refractivity contribution in [1.82, 2.24) is 4.90 Å². The van der Waals surface area contributed by atoms with E-state index < -0.39 is 5.97 Å². The molecule has 0 unspecified atom stereocenters. The predicted molar refractivity (Wildman–Crippen MR) is 78.5 cm³/mol. The van der Waals surface area contributed by atoms with E-state index in [0.717, 1.165) is 16.7 Å². The highest BCUT2D eigenvalue weighted by molar-refractivity contribution is 5.84. The van der Waals surface area contributed by atoms with Gasteiger partial charge in [0.25, 0.3) is 0 Å². The highest BCUT2D eigenvalue weighted by Crippen LogP contribution is 2.13. The second-order valence-electron chi connectivity index (χ2n) is 5.30. The molecule has 0 heterocycles. The maximum Gasteiger partial charge on any atom is 0.325 e. The first-order valence-corrected chi connectivity index (χ1v) is 6.77. The smallest absolute Gasteiger partial charge is 0.325 e. The first-order chi connectivity index (χ1) is 9.35. The molecular formula is C16H23NO3. The second-order valence-corrected chi connectivity index (χ2v) is 5.30. The number of hydrogen-bond acceptors (Lipinski definition) is 3. The Hall–Kier alpha value is -1.84. The van der Waals surface area contributed by atoms with Gasteiger partial charge in [-0.3, -0.25) is 9.59 Å². The summed E-state index contributed by atoms with van der Waals surface area (Å²) in [5, 5.41) is 0. The van der Waals surface area contributed by atoms with Gasteiger partial charge in [0.15, 0.2) is 0 Å². The van der Waals surface area contributed by atoms with E-state index >= 15 is 0 Å². The molecule has 1 aromatic rings. The lowest BCUT2D eigenvalue weighted by Gasteiger charge is -2.26. The number of ether oxygens (including phenoxy) is 1. The molecule has 20 heavy (non-hydrogen) atoms. The minimum absolute atomic E-state index is 0.00212. The van der Waals surface area contributed by atoms with Crippen molar-refractivity contribution in [2.75, 3.05) is 13.7 Å². The van der Waals surface area contributed by atoms with Crippen molar-refractivity contribution >= 4 is 11.9 Å². The van der Waals surface area contributed by atoms with Gasteiger partial charge in [-0.25, -0.2) is 0 Å². The van der Waals surface area contributed by atoms with Gasteiger partial charge in [0.1, 0.15) is 6.54 Å². The third-order valence-electron chi connectivity index (χ3n) is 3.32. The fourth-order valence-electron chi connectivity index (χ4n) is 2.02. The minimum Gasteiger partial charge on any atom is -0.468 e. The number of hydrogen-bond donors (Lipinski definition) is 0. The van der Waals surface area contributed by atoms with Crippen LogP contribution in [0.15, 0.2) is 18.2 Å². The first-order valence-electron chi connectivity index (χ1n) is 6.77. The lowest BCUT2D eigenvalue weighted by molar-refractivity contribution is -0.148. The Morgan fingerprint density at radius 1 is 1.25 bits per heavy atom. The summed E-state index contributed by atoms with van der Waals surface area (Å²) in [4.78, 5) is 25.3. The topological polar surface area (TPSA) is 46.6 Å². The molecule has 0 radical (unpaired) electrons. The van der Waals surface area contributed by atoms with Crippen molar-refractivity contribution in [1.29, 1.82) is 0 Å². The van der Waals surface area contributed by atoms with Gasteiger partial charge in [-0.2, -0.15) is 0 Å². The van der Waals surface area contributed by atoms with Crippen LogP contribution in [0, 0.1) is 13.8 Å². The molecule has 0 saturated carbocycles. The molecule has 0 aliphatic carbocycles. The standard InChI is InChI=1S/C16H23NO3/c1-11(2)17(10-16(19)20-5)15(18)9-14-8-12(3)6-7-13(14)4/h6-8,11H,9-10H2,1-5H3. The molecule has 0 aliphatic heterocycles. The van der Waals surface area contributed by atoms with Crippen LogP contribution < -0.4 is 0 Å². The van der Waals surface area contributed by atoms with E-state index in [0.29, 0.717) is 6.42 Å². The van der Waals surface area contributed by atoms with Gasteiger partial charge in [-0.15, -0.1) is 0 Å². The molecule has 0 N–H and O–H groups in total. The molecule has 110 valence electrons. The van der Waals surface area contributed by atoms with Crippen molar-refractivity contribution in [2.24, 2.45) is 0 Å². The van der Waals surface area contributed by atoms with Gasteiger partial charge in [-0.05, 0) is 38.8 Å². The third kappa shape index (κ3) is 4.37. The molecule has 0 fully saturated rings. The normalized spacial score (nSPS) is 10.5. The molecule has 0 aliphatic rings. The van der Waals surface area contributed by atoms with Gasteiger partial charge in [0.05, 0.1) is 13.5 Å². The average molecular weight is 277 g/mol. The lowest BCUT2D eigenvalue weighted by atomic mass is 10.0. The summed E-state index contributed by atoms with van der Waals surface area (Å²) in [7, 11) is 1.33. The maximum absolute atomic E-state index is 12.4. The number of carbonyl (C=O) groups is 2. The van der Waals surface area contributed by atoms with Gasteiger partial charge in [-0.1, -0.05) is 23.8 Å². The molecule has 1 aromatic carbocycles. The Labute approximate surface area is 120 Å². The largest absolute Gasteiger partial charge is 0.468 e. The fourth-order valence-corrected chi connectivity index (χ4v) is 2.02. The van der Waals surface area contributed by atoms with Crippen LogP contribution in [0.1, 0.15) is 30.5 Å². The van der Waals surface area contributed by atoms with Gasteiger partial charge in [0.2, 0.25) is 5.91 Å². The highest BCUT2D eigenvalue weighted by atomic mass is 16.5. The molecule has 1 amide bonds. The number of amides is 1. The van der Waals surface area contributed by atoms with E-state index in [2.05, 4.69) is 4.74 Å². The fraction of sp³-hybridized carbons (Fsp3) is 0.500. The highest BCUT2D eigenvalue weighted by Gasteiger charge is 2.21. The number of benzene rings is 1. The Bertz CT molecular complexity index is 494.